The van der Waals surface area contributed by atoms with Gasteiger partial charge in [0.15, 0.2) is 12.2 Å². The third-order valence-electron chi connectivity index (χ3n) is 22.0. The summed E-state index contributed by atoms with van der Waals surface area (Å²) in [6.45, 7) is 9.77. The zero-order valence-electron chi connectivity index (χ0n) is 74.0. The topological polar surface area (TPSA) is 237 Å². The van der Waals surface area contributed by atoms with Crippen LogP contribution in [0.1, 0.15) is 504 Å². The molecule has 5 atom stereocenters. The Morgan fingerprint density at radius 1 is 0.241 bits per heavy atom. The quantitative estimate of drug-likeness (QED) is 0.0222. The molecule has 17 nitrogen and oxygen atoms in total. The summed E-state index contributed by atoms with van der Waals surface area (Å²) in [7, 11) is -9.93. The Hall–Kier alpha value is -1.94. The molecule has 0 aliphatic carbocycles. The van der Waals surface area contributed by atoms with E-state index in [4.69, 9.17) is 37.0 Å². The molecule has 0 aromatic rings. The monoisotopic (exact) mass is 1630 g/mol. The Morgan fingerprint density at radius 3 is 0.607 bits per heavy atom. The van der Waals surface area contributed by atoms with Crippen molar-refractivity contribution in [3.63, 3.8) is 0 Å². The fourth-order valence-corrected chi connectivity index (χ4v) is 16.2. The maximum atomic E-state index is 13.2. The molecule has 0 radical (unpaired) electrons. The van der Waals surface area contributed by atoms with E-state index in [1.807, 2.05) is 0 Å². The first-order valence-corrected chi connectivity index (χ1v) is 51.0. The van der Waals surface area contributed by atoms with E-state index in [2.05, 4.69) is 41.5 Å². The maximum absolute atomic E-state index is 13.2. The van der Waals surface area contributed by atoms with E-state index in [9.17, 15) is 43.2 Å². The molecular formula is C93H182O17P2. The molecule has 0 spiro atoms. The van der Waals surface area contributed by atoms with Gasteiger partial charge in [0.05, 0.1) is 26.4 Å². The van der Waals surface area contributed by atoms with Crippen molar-refractivity contribution in [1.82, 2.24) is 0 Å². The Morgan fingerprint density at radius 2 is 0.411 bits per heavy atom. The summed E-state index contributed by atoms with van der Waals surface area (Å²) in [5.41, 5.74) is 0. The molecule has 0 aliphatic rings. The fraction of sp³-hybridized carbons (Fsp3) is 0.957. The fourth-order valence-electron chi connectivity index (χ4n) is 14.7. The SMILES string of the molecule is CCCCCCCCCCCCCCCCCCCCCCCC(=O)O[C@H](COC(=O)CCCCCCCCCCC)COP(=O)(O)OC[C@H](O)COP(=O)(O)OC[C@@H](COC(=O)CCCCCCCCCCCCCCCCCCCCC(C)C)OC(=O)CCCCCCCCCCCCCCCCCCCCC(C)C. The number of carbonyl (C=O) groups is 4. The van der Waals surface area contributed by atoms with Crippen LogP contribution in [-0.2, 0) is 65.4 Å². The number of unbranched alkanes of at least 4 members (excludes halogenated alkanes) is 62. The van der Waals surface area contributed by atoms with Gasteiger partial charge in [-0.05, 0) is 37.5 Å². The highest BCUT2D eigenvalue weighted by Crippen LogP contribution is 2.45. The molecule has 0 bridgehead atoms. The number of phosphoric ester groups is 2. The van der Waals surface area contributed by atoms with Crippen LogP contribution in [0.3, 0.4) is 0 Å². The molecule has 0 fully saturated rings. The van der Waals surface area contributed by atoms with E-state index in [1.54, 1.807) is 0 Å². The summed E-state index contributed by atoms with van der Waals surface area (Å²) in [4.78, 5) is 73.4. The number of rotatable bonds is 92. The van der Waals surface area contributed by atoms with E-state index in [0.717, 1.165) is 102 Å². The molecule has 0 aromatic carbocycles. The zero-order valence-corrected chi connectivity index (χ0v) is 75.8. The van der Waals surface area contributed by atoms with Crippen LogP contribution in [0.4, 0.5) is 0 Å². The van der Waals surface area contributed by atoms with Crippen molar-refractivity contribution >= 4 is 39.5 Å². The third kappa shape index (κ3) is 85.9. The minimum Gasteiger partial charge on any atom is -0.462 e. The van der Waals surface area contributed by atoms with Crippen molar-refractivity contribution in [3.05, 3.63) is 0 Å². The number of aliphatic hydroxyl groups excluding tert-OH is 1. The van der Waals surface area contributed by atoms with Crippen molar-refractivity contribution in [1.29, 1.82) is 0 Å². The number of carbonyl (C=O) groups excluding carboxylic acids is 4. The van der Waals surface area contributed by atoms with Crippen molar-refractivity contribution in [2.24, 2.45) is 11.8 Å². The van der Waals surface area contributed by atoms with Gasteiger partial charge >= 0.3 is 39.5 Å². The predicted octanol–water partition coefficient (Wildman–Crippen LogP) is 29.0. The summed E-state index contributed by atoms with van der Waals surface area (Å²) in [5.74, 6) is -0.452. The predicted molar refractivity (Wildman–Crippen MR) is 465 cm³/mol. The van der Waals surface area contributed by atoms with Gasteiger partial charge in [0.1, 0.15) is 19.3 Å². The molecule has 0 aliphatic heterocycles. The number of ether oxygens (including phenoxy) is 4. The highest BCUT2D eigenvalue weighted by atomic mass is 31.2. The molecule has 666 valence electrons. The summed E-state index contributed by atoms with van der Waals surface area (Å²) in [6.07, 6.45) is 79.4. The second-order valence-electron chi connectivity index (χ2n) is 34.4. The standard InChI is InChI=1S/C93H182O17P2/c1-7-9-11-13-15-17-18-19-20-21-22-23-24-32-37-42-47-53-59-65-71-77-92(97)109-88(81-103-90(95)75-69-63-57-49-16-14-12-10-8-2)83-107-111(99,100)105-79-87(94)80-106-112(101,102)108-84-89(110-93(98)78-72-66-60-54-48-43-38-33-28-26-30-35-40-45-51-56-62-68-74-86(5)6)82-104-91(96)76-70-64-58-52-46-41-36-31-27-25-29-34-39-44-50-55-61-67-73-85(3)4/h85-89,94H,7-84H2,1-6H3,(H,99,100)(H,101,102)/t87-,88+,89+/m0/s1. The van der Waals surface area contributed by atoms with Crippen LogP contribution in [0.25, 0.3) is 0 Å². The molecule has 0 aromatic heterocycles. The van der Waals surface area contributed by atoms with Crippen LogP contribution in [0.5, 0.6) is 0 Å². The van der Waals surface area contributed by atoms with E-state index in [0.29, 0.717) is 25.7 Å². The van der Waals surface area contributed by atoms with Gasteiger partial charge in [0, 0.05) is 25.7 Å². The van der Waals surface area contributed by atoms with Gasteiger partial charge in [-0.1, -0.05) is 452 Å². The summed E-state index contributed by atoms with van der Waals surface area (Å²) in [6, 6.07) is 0. The summed E-state index contributed by atoms with van der Waals surface area (Å²) < 4.78 is 69.1. The van der Waals surface area contributed by atoms with Gasteiger partial charge in [0.25, 0.3) is 0 Å². The van der Waals surface area contributed by atoms with Gasteiger partial charge in [-0.2, -0.15) is 0 Å². The molecule has 3 N–H and O–H groups in total. The molecule has 112 heavy (non-hydrogen) atoms. The van der Waals surface area contributed by atoms with Crippen molar-refractivity contribution in [2.75, 3.05) is 39.6 Å². The van der Waals surface area contributed by atoms with Crippen molar-refractivity contribution < 1.29 is 80.2 Å². The Bertz CT molecular complexity index is 2130. The van der Waals surface area contributed by atoms with Gasteiger partial charge in [-0.15, -0.1) is 0 Å². The lowest BCUT2D eigenvalue weighted by Crippen LogP contribution is -2.30. The van der Waals surface area contributed by atoms with Gasteiger partial charge < -0.3 is 33.8 Å². The third-order valence-corrected chi connectivity index (χ3v) is 23.9. The van der Waals surface area contributed by atoms with E-state index >= 15 is 0 Å². The minimum absolute atomic E-state index is 0.109. The normalized spacial score (nSPS) is 13.7. The molecule has 0 amide bonds. The number of esters is 4. The van der Waals surface area contributed by atoms with E-state index < -0.39 is 97.5 Å². The summed E-state index contributed by atoms with van der Waals surface area (Å²) in [5, 5.41) is 10.7. The van der Waals surface area contributed by atoms with E-state index in [-0.39, 0.29) is 25.7 Å². The lowest BCUT2D eigenvalue weighted by molar-refractivity contribution is -0.161. The number of hydrogen-bond donors (Lipinski definition) is 3. The molecule has 2 unspecified atom stereocenters. The van der Waals surface area contributed by atoms with Crippen molar-refractivity contribution in [2.45, 2.75) is 522 Å². The first kappa shape index (κ1) is 110. The van der Waals surface area contributed by atoms with Gasteiger partial charge in [0.2, 0.25) is 0 Å². The van der Waals surface area contributed by atoms with Gasteiger partial charge in [-0.25, -0.2) is 9.13 Å². The van der Waals surface area contributed by atoms with Crippen LogP contribution in [0.15, 0.2) is 0 Å². The van der Waals surface area contributed by atoms with Crippen molar-refractivity contribution in [3.8, 4) is 0 Å². The van der Waals surface area contributed by atoms with E-state index in [1.165, 1.54) is 321 Å². The lowest BCUT2D eigenvalue weighted by atomic mass is 10.0. The minimum atomic E-state index is -4.97. The highest BCUT2D eigenvalue weighted by molar-refractivity contribution is 7.47. The lowest BCUT2D eigenvalue weighted by Gasteiger charge is -2.21. The van der Waals surface area contributed by atoms with Crippen LogP contribution >= 0.6 is 15.6 Å². The molecular weight excluding hydrogens is 1450 g/mol. The molecule has 0 saturated heterocycles. The molecule has 0 rings (SSSR count). The second-order valence-corrected chi connectivity index (χ2v) is 37.3. The number of aliphatic hydroxyl groups is 1. The zero-order chi connectivity index (χ0) is 82.0. The Balaban J connectivity index is 5.18. The maximum Gasteiger partial charge on any atom is 0.472 e. The average molecular weight is 1630 g/mol. The Labute approximate surface area is 689 Å². The molecule has 0 saturated carbocycles. The molecule has 19 heteroatoms. The van der Waals surface area contributed by atoms with Crippen LogP contribution in [0.2, 0.25) is 0 Å². The summed E-state index contributed by atoms with van der Waals surface area (Å²) >= 11 is 0. The first-order valence-electron chi connectivity index (χ1n) is 48.0. The number of phosphoric acid groups is 2. The average Bonchev–Trinajstić information content (AvgIpc) is 0.898. The largest absolute Gasteiger partial charge is 0.472 e. The Kier molecular flexibility index (Phi) is 82.6. The van der Waals surface area contributed by atoms with Crippen LogP contribution in [-0.4, -0.2) is 96.7 Å². The van der Waals surface area contributed by atoms with Crippen LogP contribution in [0, 0.1) is 11.8 Å². The second kappa shape index (κ2) is 84.1. The smallest absolute Gasteiger partial charge is 0.462 e. The van der Waals surface area contributed by atoms with Crippen LogP contribution < -0.4 is 0 Å². The first-order chi connectivity index (χ1) is 54.4. The molecule has 0 heterocycles. The highest BCUT2D eigenvalue weighted by Gasteiger charge is 2.31. The van der Waals surface area contributed by atoms with Gasteiger partial charge in [-0.3, -0.25) is 37.3 Å². The number of hydrogen-bond acceptors (Lipinski definition) is 15.